The molecule has 0 bridgehead atoms. The molecule has 2 rings (SSSR count). The molecule has 5 nitrogen and oxygen atoms in total. The molecule has 0 fully saturated rings. The molecule has 0 unspecified atom stereocenters. The molecule has 2 aromatic rings. The molecule has 0 radical (unpaired) electrons. The number of nitrogens with zero attached hydrogens (tertiary/aromatic N) is 2. The maximum absolute atomic E-state index is 11.9. The van der Waals surface area contributed by atoms with Crippen molar-refractivity contribution in [2.45, 2.75) is 20.3 Å². The SMILES string of the molecule is CC(C)CNC(=O)c1cnc(NCCc2ccc(Cl)cc2)nc1. The van der Waals surface area contributed by atoms with Crippen molar-refractivity contribution in [3.63, 3.8) is 0 Å². The highest BCUT2D eigenvalue weighted by Gasteiger charge is 2.07. The lowest BCUT2D eigenvalue weighted by Gasteiger charge is -2.08. The third-order valence-electron chi connectivity index (χ3n) is 3.19. The molecule has 0 aliphatic rings. The van der Waals surface area contributed by atoms with E-state index in [2.05, 4.69) is 20.6 Å². The summed E-state index contributed by atoms with van der Waals surface area (Å²) in [5.74, 6) is 0.777. The van der Waals surface area contributed by atoms with Crippen LogP contribution < -0.4 is 10.6 Å². The Morgan fingerprint density at radius 1 is 1.17 bits per heavy atom. The van der Waals surface area contributed by atoms with Gasteiger partial charge in [0.2, 0.25) is 5.95 Å². The van der Waals surface area contributed by atoms with Gasteiger partial charge < -0.3 is 10.6 Å². The molecular weight excluding hydrogens is 312 g/mol. The summed E-state index contributed by atoms with van der Waals surface area (Å²) in [6.07, 6.45) is 3.91. The molecule has 0 saturated carbocycles. The largest absolute Gasteiger partial charge is 0.354 e. The number of nitrogens with one attached hydrogen (secondary N) is 2. The first kappa shape index (κ1) is 17.2. The number of carbonyl (C=O) groups excluding carboxylic acids is 1. The molecule has 23 heavy (non-hydrogen) atoms. The average Bonchev–Trinajstić information content (AvgIpc) is 2.55. The van der Waals surface area contributed by atoms with Crippen LogP contribution in [0, 0.1) is 5.92 Å². The van der Waals surface area contributed by atoms with Crippen molar-refractivity contribution < 1.29 is 4.79 Å². The fraction of sp³-hybridized carbons (Fsp3) is 0.353. The minimum absolute atomic E-state index is 0.147. The van der Waals surface area contributed by atoms with Crippen molar-refractivity contribution >= 4 is 23.5 Å². The van der Waals surface area contributed by atoms with E-state index in [-0.39, 0.29) is 5.91 Å². The quantitative estimate of drug-likeness (QED) is 0.817. The minimum atomic E-state index is -0.147. The van der Waals surface area contributed by atoms with Crippen LogP contribution in [0.3, 0.4) is 0 Å². The number of anilines is 1. The van der Waals surface area contributed by atoms with Crippen LogP contribution in [0.25, 0.3) is 0 Å². The van der Waals surface area contributed by atoms with Crippen molar-refractivity contribution in [2.75, 3.05) is 18.4 Å². The Hall–Kier alpha value is -2.14. The fourth-order valence-corrected chi connectivity index (χ4v) is 2.03. The first-order chi connectivity index (χ1) is 11.0. The molecule has 0 aliphatic heterocycles. The zero-order chi connectivity index (χ0) is 16.7. The number of hydrogen-bond acceptors (Lipinski definition) is 4. The van der Waals surface area contributed by atoms with Crippen molar-refractivity contribution in [3.05, 3.63) is 52.8 Å². The summed E-state index contributed by atoms with van der Waals surface area (Å²) in [5, 5.41) is 6.71. The third-order valence-corrected chi connectivity index (χ3v) is 3.45. The van der Waals surface area contributed by atoms with Gasteiger partial charge in [0.05, 0.1) is 5.56 Å². The zero-order valence-corrected chi connectivity index (χ0v) is 14.1. The minimum Gasteiger partial charge on any atom is -0.354 e. The van der Waals surface area contributed by atoms with Crippen molar-refractivity contribution in [2.24, 2.45) is 5.92 Å². The monoisotopic (exact) mass is 332 g/mol. The second-order valence-corrected chi connectivity index (χ2v) is 6.14. The van der Waals surface area contributed by atoms with Gasteiger partial charge in [-0.1, -0.05) is 37.6 Å². The standard InChI is InChI=1S/C17H21ClN4O/c1-12(2)9-20-16(23)14-10-21-17(22-11-14)19-8-7-13-3-5-15(18)6-4-13/h3-6,10-12H,7-9H2,1-2H3,(H,20,23)(H,19,21,22). The van der Waals surface area contributed by atoms with E-state index >= 15 is 0 Å². The van der Waals surface area contributed by atoms with E-state index in [4.69, 9.17) is 11.6 Å². The molecule has 1 aromatic carbocycles. The highest BCUT2D eigenvalue weighted by molar-refractivity contribution is 6.30. The molecule has 0 atom stereocenters. The van der Waals surface area contributed by atoms with Crippen LogP contribution in [0.4, 0.5) is 5.95 Å². The van der Waals surface area contributed by atoms with Gasteiger partial charge in [0.25, 0.3) is 5.91 Å². The Labute approximate surface area is 141 Å². The number of rotatable bonds is 7. The van der Waals surface area contributed by atoms with E-state index in [9.17, 15) is 4.79 Å². The summed E-state index contributed by atoms with van der Waals surface area (Å²) in [7, 11) is 0. The Morgan fingerprint density at radius 3 is 2.43 bits per heavy atom. The Kier molecular flexibility index (Phi) is 6.35. The van der Waals surface area contributed by atoms with E-state index < -0.39 is 0 Å². The summed E-state index contributed by atoms with van der Waals surface area (Å²) >= 11 is 5.85. The second-order valence-electron chi connectivity index (χ2n) is 5.70. The number of amides is 1. The van der Waals surface area contributed by atoms with Crippen LogP contribution in [0.15, 0.2) is 36.7 Å². The molecule has 122 valence electrons. The first-order valence-electron chi connectivity index (χ1n) is 7.63. The zero-order valence-electron chi connectivity index (χ0n) is 13.3. The van der Waals surface area contributed by atoms with Crippen LogP contribution >= 0.6 is 11.6 Å². The molecule has 1 aromatic heterocycles. The van der Waals surface area contributed by atoms with Crippen molar-refractivity contribution in [3.8, 4) is 0 Å². The van der Waals surface area contributed by atoms with Gasteiger partial charge in [-0.05, 0) is 30.0 Å². The summed E-state index contributed by atoms with van der Waals surface area (Å²) < 4.78 is 0. The number of benzene rings is 1. The predicted octanol–water partition coefficient (Wildman–Crippen LogP) is 3.17. The van der Waals surface area contributed by atoms with Gasteiger partial charge in [0.1, 0.15) is 0 Å². The third kappa shape index (κ3) is 5.87. The number of hydrogen-bond donors (Lipinski definition) is 2. The molecule has 0 spiro atoms. The van der Waals surface area contributed by atoms with Crippen LogP contribution in [0.5, 0.6) is 0 Å². The maximum Gasteiger partial charge on any atom is 0.254 e. The lowest BCUT2D eigenvalue weighted by Crippen LogP contribution is -2.27. The number of aromatic nitrogens is 2. The van der Waals surface area contributed by atoms with E-state index in [0.29, 0.717) is 30.5 Å². The van der Waals surface area contributed by atoms with Gasteiger partial charge in [-0.2, -0.15) is 0 Å². The lowest BCUT2D eigenvalue weighted by molar-refractivity contribution is 0.0948. The van der Waals surface area contributed by atoms with Gasteiger partial charge in [-0.3, -0.25) is 4.79 Å². The second kappa shape index (κ2) is 8.48. The summed E-state index contributed by atoms with van der Waals surface area (Å²) in [6.45, 7) is 5.44. The van der Waals surface area contributed by atoms with E-state index in [1.165, 1.54) is 18.0 Å². The topological polar surface area (TPSA) is 66.9 Å². The molecule has 2 N–H and O–H groups in total. The van der Waals surface area contributed by atoms with Gasteiger partial charge in [0.15, 0.2) is 0 Å². The van der Waals surface area contributed by atoms with Gasteiger partial charge in [-0.25, -0.2) is 9.97 Å². The summed E-state index contributed by atoms with van der Waals surface area (Å²) in [5.41, 5.74) is 1.65. The van der Waals surface area contributed by atoms with Crippen LogP contribution in [-0.2, 0) is 6.42 Å². The predicted molar refractivity (Wildman–Crippen MR) is 92.8 cm³/mol. The van der Waals surface area contributed by atoms with Gasteiger partial charge >= 0.3 is 0 Å². The lowest BCUT2D eigenvalue weighted by atomic mass is 10.1. The van der Waals surface area contributed by atoms with E-state index in [0.717, 1.165) is 11.4 Å². The van der Waals surface area contributed by atoms with Crippen LogP contribution in [0.2, 0.25) is 5.02 Å². The smallest absolute Gasteiger partial charge is 0.254 e. The summed E-state index contributed by atoms with van der Waals surface area (Å²) in [4.78, 5) is 20.2. The number of carbonyl (C=O) groups is 1. The van der Waals surface area contributed by atoms with Gasteiger partial charge in [0, 0.05) is 30.5 Å². The number of halogens is 1. The Balaban J connectivity index is 1.80. The molecule has 0 saturated heterocycles. The molecule has 1 heterocycles. The van der Waals surface area contributed by atoms with Crippen LogP contribution in [0.1, 0.15) is 29.8 Å². The normalized spacial score (nSPS) is 10.6. The fourth-order valence-electron chi connectivity index (χ4n) is 1.91. The summed E-state index contributed by atoms with van der Waals surface area (Å²) in [6, 6.07) is 7.73. The molecule has 1 amide bonds. The molecule has 6 heteroatoms. The van der Waals surface area contributed by atoms with Crippen molar-refractivity contribution in [1.82, 2.24) is 15.3 Å². The molecule has 0 aliphatic carbocycles. The average molecular weight is 333 g/mol. The van der Waals surface area contributed by atoms with Gasteiger partial charge in [-0.15, -0.1) is 0 Å². The highest BCUT2D eigenvalue weighted by Crippen LogP contribution is 2.10. The van der Waals surface area contributed by atoms with Crippen LogP contribution in [-0.4, -0.2) is 29.0 Å². The first-order valence-corrected chi connectivity index (χ1v) is 8.01. The Morgan fingerprint density at radius 2 is 1.83 bits per heavy atom. The van der Waals surface area contributed by atoms with Crippen molar-refractivity contribution in [1.29, 1.82) is 0 Å². The maximum atomic E-state index is 11.9. The highest BCUT2D eigenvalue weighted by atomic mass is 35.5. The van der Waals surface area contributed by atoms with E-state index in [1.54, 1.807) is 0 Å². The van der Waals surface area contributed by atoms with E-state index in [1.807, 2.05) is 38.1 Å². The Bertz CT molecular complexity index is 626. The molecular formula is C17H21ClN4O.